The third-order valence-corrected chi connectivity index (χ3v) is 2.32. The Bertz CT molecular complexity index is 215. The van der Waals surface area contributed by atoms with E-state index in [0.29, 0.717) is 13.1 Å². The first-order valence-electron chi connectivity index (χ1n) is 4.68. The summed E-state index contributed by atoms with van der Waals surface area (Å²) in [5, 5.41) is 5.69. The minimum atomic E-state index is -1.83. The van der Waals surface area contributed by atoms with Gasteiger partial charge in [-0.1, -0.05) is 0 Å². The molecule has 1 amide bonds. The molecule has 0 aromatic carbocycles. The topological polar surface area (TPSA) is 50.4 Å². The zero-order valence-electron chi connectivity index (χ0n) is 8.76. The molecule has 0 radical (unpaired) electrons. The molecule has 0 aliphatic carbocycles. The van der Waals surface area contributed by atoms with Crippen LogP contribution in [0.4, 0.5) is 4.39 Å². The Balaban J connectivity index is 2.48. The summed E-state index contributed by atoms with van der Waals surface area (Å²) in [7, 11) is 1.58. The normalized spacial score (nSPS) is 27.7. The second kappa shape index (κ2) is 4.23. The molecule has 14 heavy (non-hydrogen) atoms. The third-order valence-electron chi connectivity index (χ3n) is 2.32. The van der Waals surface area contributed by atoms with Crippen LogP contribution in [0, 0.1) is 0 Å². The van der Waals surface area contributed by atoms with Gasteiger partial charge in [0.25, 0.3) is 5.91 Å². The molecule has 0 bridgehead atoms. The highest BCUT2D eigenvalue weighted by molar-refractivity contribution is 5.84. The van der Waals surface area contributed by atoms with Gasteiger partial charge in [0.15, 0.2) is 5.67 Å². The van der Waals surface area contributed by atoms with Crippen molar-refractivity contribution in [3.05, 3.63) is 0 Å². The molecular formula is C9H17FN2O2. The molecule has 1 heterocycles. The molecule has 1 saturated heterocycles. The Hall–Kier alpha value is -0.680. The van der Waals surface area contributed by atoms with E-state index in [1.165, 1.54) is 13.8 Å². The second-order valence-electron chi connectivity index (χ2n) is 3.98. The van der Waals surface area contributed by atoms with Gasteiger partial charge in [0.05, 0.1) is 12.1 Å². The summed E-state index contributed by atoms with van der Waals surface area (Å²) >= 11 is 0. The first-order chi connectivity index (χ1) is 6.45. The number of alkyl halides is 1. The number of carbonyl (C=O) groups excluding carboxylic acids is 1. The van der Waals surface area contributed by atoms with Crippen molar-refractivity contribution in [2.75, 3.05) is 20.2 Å². The summed E-state index contributed by atoms with van der Waals surface area (Å²) in [5.74, 6) is -0.590. The summed E-state index contributed by atoms with van der Waals surface area (Å²) in [6.07, 6.45) is -0.0682. The van der Waals surface area contributed by atoms with Crippen LogP contribution in [0.5, 0.6) is 0 Å². The summed E-state index contributed by atoms with van der Waals surface area (Å²) in [5.41, 5.74) is -1.83. The maximum absolute atomic E-state index is 13.2. The highest BCUT2D eigenvalue weighted by atomic mass is 19.1. The first-order valence-corrected chi connectivity index (χ1v) is 4.68. The van der Waals surface area contributed by atoms with Crippen molar-refractivity contribution in [3.63, 3.8) is 0 Å². The van der Waals surface area contributed by atoms with Gasteiger partial charge in [-0.15, -0.1) is 0 Å². The number of hydrogen-bond acceptors (Lipinski definition) is 3. The first kappa shape index (κ1) is 11.4. The third kappa shape index (κ3) is 2.65. The lowest BCUT2D eigenvalue weighted by atomic mass is 10.1. The Morgan fingerprint density at radius 1 is 1.57 bits per heavy atom. The largest absolute Gasteiger partial charge is 0.378 e. The Morgan fingerprint density at radius 3 is 2.71 bits per heavy atom. The van der Waals surface area contributed by atoms with Gasteiger partial charge in [-0.2, -0.15) is 0 Å². The Kier molecular flexibility index (Phi) is 3.44. The molecule has 0 aromatic heterocycles. The molecule has 5 heteroatoms. The number of carbonyl (C=O) groups is 1. The van der Waals surface area contributed by atoms with E-state index >= 15 is 0 Å². The number of halogens is 1. The summed E-state index contributed by atoms with van der Waals surface area (Å²) in [4.78, 5) is 11.3. The number of ether oxygens (including phenoxy) is 1. The minimum absolute atomic E-state index is 0.0682. The van der Waals surface area contributed by atoms with Gasteiger partial charge >= 0.3 is 0 Å². The number of hydrogen-bond donors (Lipinski definition) is 2. The number of amides is 1. The van der Waals surface area contributed by atoms with Crippen LogP contribution in [0.15, 0.2) is 0 Å². The average molecular weight is 204 g/mol. The Morgan fingerprint density at radius 2 is 2.21 bits per heavy atom. The molecule has 0 saturated carbocycles. The lowest BCUT2D eigenvalue weighted by molar-refractivity contribution is -0.132. The lowest BCUT2D eigenvalue weighted by Crippen LogP contribution is -2.49. The molecule has 0 spiro atoms. The quantitative estimate of drug-likeness (QED) is 0.671. The molecule has 4 nitrogen and oxygen atoms in total. The van der Waals surface area contributed by atoms with Crippen molar-refractivity contribution in [3.8, 4) is 0 Å². The van der Waals surface area contributed by atoms with Crippen molar-refractivity contribution in [1.82, 2.24) is 10.6 Å². The van der Waals surface area contributed by atoms with Crippen LogP contribution in [0.2, 0.25) is 0 Å². The summed E-state index contributed by atoms with van der Waals surface area (Å²) in [6, 6.07) is -0.137. The molecule has 1 rings (SSSR count). The van der Waals surface area contributed by atoms with E-state index in [1.807, 2.05) is 0 Å². The predicted octanol–water partition coefficient (Wildman–Crippen LogP) is -0.162. The van der Waals surface area contributed by atoms with Gasteiger partial charge in [-0.25, -0.2) is 4.39 Å². The van der Waals surface area contributed by atoms with Crippen molar-refractivity contribution in [2.45, 2.75) is 31.7 Å². The van der Waals surface area contributed by atoms with Crippen LogP contribution < -0.4 is 10.6 Å². The molecule has 1 aliphatic rings. The highest BCUT2D eigenvalue weighted by Crippen LogP contribution is 2.10. The molecule has 82 valence electrons. The van der Waals surface area contributed by atoms with Crippen molar-refractivity contribution in [1.29, 1.82) is 0 Å². The fraction of sp³-hybridized carbons (Fsp3) is 0.889. The lowest BCUT2D eigenvalue weighted by Gasteiger charge is -2.22. The summed E-state index contributed by atoms with van der Waals surface area (Å²) in [6.45, 7) is 3.80. The molecule has 0 aromatic rings. The predicted molar refractivity (Wildman–Crippen MR) is 50.8 cm³/mol. The van der Waals surface area contributed by atoms with Crippen LogP contribution in [0.1, 0.15) is 13.8 Å². The number of rotatable bonds is 3. The van der Waals surface area contributed by atoms with E-state index in [4.69, 9.17) is 4.74 Å². The Labute approximate surface area is 83.2 Å². The molecule has 2 atom stereocenters. The van der Waals surface area contributed by atoms with Gasteiger partial charge in [0.1, 0.15) is 0 Å². The molecular weight excluding hydrogens is 187 g/mol. The van der Waals surface area contributed by atoms with E-state index in [2.05, 4.69) is 10.6 Å². The molecule has 1 aliphatic heterocycles. The second-order valence-corrected chi connectivity index (χ2v) is 3.98. The maximum atomic E-state index is 13.2. The van der Waals surface area contributed by atoms with Gasteiger partial charge in [0, 0.05) is 20.2 Å². The van der Waals surface area contributed by atoms with Crippen LogP contribution in [0.25, 0.3) is 0 Å². The van der Waals surface area contributed by atoms with E-state index < -0.39 is 11.6 Å². The standard InChI is InChI=1S/C9H17FN2O2/c1-9(2,10)8(13)12-6-4-11-5-7(6)14-3/h6-7,11H,4-5H2,1-3H3,(H,12,13)/t6-,7+/m1/s1. The average Bonchev–Trinajstić information content (AvgIpc) is 2.50. The van der Waals surface area contributed by atoms with Crippen LogP contribution in [0.3, 0.4) is 0 Å². The van der Waals surface area contributed by atoms with Crippen LogP contribution >= 0.6 is 0 Å². The molecule has 0 unspecified atom stereocenters. The molecule has 1 fully saturated rings. The SMILES string of the molecule is CO[C@H]1CNC[C@H]1NC(=O)C(C)(C)F. The van der Waals surface area contributed by atoms with Crippen LogP contribution in [-0.4, -0.2) is 43.9 Å². The number of methoxy groups -OCH3 is 1. The van der Waals surface area contributed by atoms with Gasteiger partial charge in [0.2, 0.25) is 0 Å². The maximum Gasteiger partial charge on any atom is 0.257 e. The smallest absolute Gasteiger partial charge is 0.257 e. The van der Waals surface area contributed by atoms with Gasteiger partial charge in [-0.05, 0) is 13.8 Å². The van der Waals surface area contributed by atoms with Gasteiger partial charge < -0.3 is 15.4 Å². The van der Waals surface area contributed by atoms with E-state index in [1.54, 1.807) is 7.11 Å². The van der Waals surface area contributed by atoms with Gasteiger partial charge in [-0.3, -0.25) is 4.79 Å². The number of nitrogens with one attached hydrogen (secondary N) is 2. The van der Waals surface area contributed by atoms with Crippen molar-refractivity contribution >= 4 is 5.91 Å². The zero-order chi connectivity index (χ0) is 10.8. The van der Waals surface area contributed by atoms with Crippen molar-refractivity contribution in [2.24, 2.45) is 0 Å². The highest BCUT2D eigenvalue weighted by Gasteiger charge is 2.33. The monoisotopic (exact) mass is 204 g/mol. The minimum Gasteiger partial charge on any atom is -0.378 e. The fourth-order valence-corrected chi connectivity index (χ4v) is 1.39. The van der Waals surface area contributed by atoms with E-state index in [0.717, 1.165) is 0 Å². The summed E-state index contributed by atoms with van der Waals surface area (Å²) < 4.78 is 18.3. The van der Waals surface area contributed by atoms with Crippen molar-refractivity contribution < 1.29 is 13.9 Å². The van der Waals surface area contributed by atoms with E-state index in [9.17, 15) is 9.18 Å². The molecule has 2 N–H and O–H groups in total. The van der Waals surface area contributed by atoms with Crippen LogP contribution in [-0.2, 0) is 9.53 Å². The zero-order valence-corrected chi connectivity index (χ0v) is 8.76. The fourth-order valence-electron chi connectivity index (χ4n) is 1.39. The van der Waals surface area contributed by atoms with E-state index in [-0.39, 0.29) is 12.1 Å².